The standard InChI is InChI=1S/C16H22BrNO2/c17-14-7-4-6-13(12-14)16(9-2-1-3-10-16)18-11-5-8-15(19)20/h4,6-7,12,18H,1-3,5,8-11H2,(H,19,20). The van der Waals surface area contributed by atoms with Crippen LogP contribution in [0.2, 0.25) is 0 Å². The van der Waals surface area contributed by atoms with Crippen molar-refractivity contribution in [1.82, 2.24) is 5.32 Å². The predicted molar refractivity (Wildman–Crippen MR) is 83.8 cm³/mol. The topological polar surface area (TPSA) is 49.3 Å². The molecule has 0 atom stereocenters. The van der Waals surface area contributed by atoms with E-state index in [-0.39, 0.29) is 12.0 Å². The van der Waals surface area contributed by atoms with Crippen molar-refractivity contribution >= 4 is 21.9 Å². The number of hydrogen-bond donors (Lipinski definition) is 2. The van der Waals surface area contributed by atoms with Crippen LogP contribution in [0.25, 0.3) is 0 Å². The molecule has 1 aliphatic carbocycles. The molecule has 0 amide bonds. The summed E-state index contributed by atoms with van der Waals surface area (Å²) in [5.41, 5.74) is 1.35. The molecule has 0 aliphatic heterocycles. The first kappa shape index (κ1) is 15.5. The average Bonchev–Trinajstić information content (AvgIpc) is 2.44. The average molecular weight is 340 g/mol. The maximum absolute atomic E-state index is 10.6. The Balaban J connectivity index is 2.07. The third-order valence-electron chi connectivity index (χ3n) is 4.12. The van der Waals surface area contributed by atoms with E-state index in [1.807, 2.05) is 6.07 Å². The van der Waals surface area contributed by atoms with Crippen molar-refractivity contribution in [3.63, 3.8) is 0 Å². The van der Waals surface area contributed by atoms with Gasteiger partial charge in [-0.1, -0.05) is 47.3 Å². The lowest BCUT2D eigenvalue weighted by Gasteiger charge is -2.39. The van der Waals surface area contributed by atoms with Gasteiger partial charge in [0.05, 0.1) is 0 Å². The van der Waals surface area contributed by atoms with Crippen molar-refractivity contribution in [3.05, 3.63) is 34.3 Å². The highest BCUT2D eigenvalue weighted by molar-refractivity contribution is 9.10. The number of aliphatic carboxylic acids is 1. The Kier molecular flexibility index (Phi) is 5.61. The second-order valence-electron chi connectivity index (χ2n) is 5.58. The van der Waals surface area contributed by atoms with Gasteiger partial charge >= 0.3 is 5.97 Å². The Hall–Kier alpha value is -0.870. The summed E-state index contributed by atoms with van der Waals surface area (Å²) in [7, 11) is 0. The zero-order chi connectivity index (χ0) is 14.4. The van der Waals surface area contributed by atoms with E-state index in [2.05, 4.69) is 39.4 Å². The molecule has 3 nitrogen and oxygen atoms in total. The van der Waals surface area contributed by atoms with Gasteiger partial charge in [-0.3, -0.25) is 4.79 Å². The molecule has 0 unspecified atom stereocenters. The van der Waals surface area contributed by atoms with Gasteiger partial charge in [-0.25, -0.2) is 0 Å². The lowest BCUT2D eigenvalue weighted by atomic mass is 9.76. The van der Waals surface area contributed by atoms with Gasteiger partial charge in [0.25, 0.3) is 0 Å². The molecule has 4 heteroatoms. The number of benzene rings is 1. The predicted octanol–water partition coefficient (Wildman–Crippen LogP) is 4.06. The minimum atomic E-state index is -0.716. The Morgan fingerprint density at radius 2 is 2.05 bits per heavy atom. The van der Waals surface area contributed by atoms with Crippen LogP contribution in [0.15, 0.2) is 28.7 Å². The summed E-state index contributed by atoms with van der Waals surface area (Å²) in [6.07, 6.45) is 6.96. The SMILES string of the molecule is O=C(O)CCCNC1(c2cccc(Br)c2)CCCCC1. The number of nitrogens with one attached hydrogen (secondary N) is 1. The van der Waals surface area contributed by atoms with Gasteiger partial charge in [-0.15, -0.1) is 0 Å². The van der Waals surface area contributed by atoms with Crippen LogP contribution in [0, 0.1) is 0 Å². The van der Waals surface area contributed by atoms with Crippen LogP contribution in [0.3, 0.4) is 0 Å². The molecule has 0 heterocycles. The van der Waals surface area contributed by atoms with E-state index in [1.165, 1.54) is 24.8 Å². The third kappa shape index (κ3) is 4.06. The normalized spacial score (nSPS) is 17.9. The molecular weight excluding hydrogens is 318 g/mol. The first-order valence-corrected chi connectivity index (χ1v) is 8.15. The van der Waals surface area contributed by atoms with Crippen molar-refractivity contribution in [2.45, 2.75) is 50.5 Å². The van der Waals surface area contributed by atoms with Gasteiger partial charge in [0.15, 0.2) is 0 Å². The zero-order valence-electron chi connectivity index (χ0n) is 11.7. The van der Waals surface area contributed by atoms with Gasteiger partial charge in [-0.05, 0) is 43.5 Å². The minimum absolute atomic E-state index is 0.0283. The second-order valence-corrected chi connectivity index (χ2v) is 6.49. The molecule has 20 heavy (non-hydrogen) atoms. The van der Waals surface area contributed by atoms with Gasteiger partial charge in [0.2, 0.25) is 0 Å². The van der Waals surface area contributed by atoms with Crippen LogP contribution >= 0.6 is 15.9 Å². The van der Waals surface area contributed by atoms with Crippen LogP contribution < -0.4 is 5.32 Å². The fourth-order valence-electron chi connectivity index (χ4n) is 3.08. The summed E-state index contributed by atoms with van der Waals surface area (Å²) in [5.74, 6) is -0.716. The molecule has 0 bridgehead atoms. The van der Waals surface area contributed by atoms with E-state index in [4.69, 9.17) is 5.11 Å². The Morgan fingerprint density at radius 3 is 2.70 bits per heavy atom. The third-order valence-corrected chi connectivity index (χ3v) is 4.61. The molecule has 0 saturated heterocycles. The van der Waals surface area contributed by atoms with Gasteiger partial charge < -0.3 is 10.4 Å². The van der Waals surface area contributed by atoms with Gasteiger partial charge in [-0.2, -0.15) is 0 Å². The summed E-state index contributed by atoms with van der Waals surface area (Å²) < 4.78 is 1.10. The molecule has 1 aliphatic rings. The van der Waals surface area contributed by atoms with Crippen LogP contribution in [0.4, 0.5) is 0 Å². The summed E-state index contributed by atoms with van der Waals surface area (Å²) in [5, 5.41) is 12.4. The Morgan fingerprint density at radius 1 is 1.30 bits per heavy atom. The van der Waals surface area contributed by atoms with E-state index < -0.39 is 5.97 Å². The monoisotopic (exact) mass is 339 g/mol. The van der Waals surface area contributed by atoms with Crippen molar-refractivity contribution in [2.75, 3.05) is 6.54 Å². The van der Waals surface area contributed by atoms with E-state index in [1.54, 1.807) is 0 Å². The quantitative estimate of drug-likeness (QED) is 0.768. The summed E-state index contributed by atoms with van der Waals surface area (Å²) in [4.78, 5) is 10.6. The van der Waals surface area contributed by atoms with Crippen molar-refractivity contribution in [1.29, 1.82) is 0 Å². The van der Waals surface area contributed by atoms with Crippen LogP contribution in [-0.4, -0.2) is 17.6 Å². The molecule has 1 fully saturated rings. The van der Waals surface area contributed by atoms with Gasteiger partial charge in [0.1, 0.15) is 0 Å². The summed E-state index contributed by atoms with van der Waals surface area (Å²) in [6, 6.07) is 8.49. The number of rotatable bonds is 6. The van der Waals surface area contributed by atoms with Crippen LogP contribution in [0.5, 0.6) is 0 Å². The molecule has 0 spiro atoms. The molecule has 1 aromatic carbocycles. The Labute approximate surface area is 128 Å². The molecular formula is C16H22BrNO2. The highest BCUT2D eigenvalue weighted by atomic mass is 79.9. The first-order valence-electron chi connectivity index (χ1n) is 7.35. The second kappa shape index (κ2) is 7.23. The molecule has 0 aromatic heterocycles. The molecule has 0 radical (unpaired) electrons. The summed E-state index contributed by atoms with van der Waals surface area (Å²) >= 11 is 3.55. The van der Waals surface area contributed by atoms with Crippen LogP contribution in [-0.2, 0) is 10.3 Å². The highest BCUT2D eigenvalue weighted by Crippen LogP contribution is 2.37. The molecule has 1 saturated carbocycles. The zero-order valence-corrected chi connectivity index (χ0v) is 13.3. The van der Waals surface area contributed by atoms with E-state index in [0.717, 1.165) is 23.9 Å². The highest BCUT2D eigenvalue weighted by Gasteiger charge is 2.33. The molecule has 1 aromatic rings. The van der Waals surface area contributed by atoms with Crippen molar-refractivity contribution in [2.24, 2.45) is 0 Å². The minimum Gasteiger partial charge on any atom is -0.481 e. The number of carbonyl (C=O) groups is 1. The fraction of sp³-hybridized carbons (Fsp3) is 0.562. The molecule has 2 N–H and O–H groups in total. The smallest absolute Gasteiger partial charge is 0.303 e. The first-order chi connectivity index (χ1) is 9.62. The van der Waals surface area contributed by atoms with E-state index >= 15 is 0 Å². The fourth-order valence-corrected chi connectivity index (χ4v) is 3.48. The van der Waals surface area contributed by atoms with Crippen molar-refractivity contribution in [3.8, 4) is 0 Å². The van der Waals surface area contributed by atoms with Crippen LogP contribution in [0.1, 0.15) is 50.5 Å². The van der Waals surface area contributed by atoms with Gasteiger partial charge in [0, 0.05) is 16.4 Å². The van der Waals surface area contributed by atoms with E-state index in [9.17, 15) is 4.79 Å². The summed E-state index contributed by atoms with van der Waals surface area (Å²) in [6.45, 7) is 0.763. The number of carboxylic acids is 1. The number of carboxylic acid groups (broad SMARTS) is 1. The lowest BCUT2D eigenvalue weighted by molar-refractivity contribution is -0.137. The number of halogens is 1. The maximum Gasteiger partial charge on any atom is 0.303 e. The maximum atomic E-state index is 10.6. The molecule has 2 rings (SSSR count). The van der Waals surface area contributed by atoms with E-state index in [0.29, 0.717) is 6.42 Å². The largest absolute Gasteiger partial charge is 0.481 e. The molecule has 110 valence electrons. The van der Waals surface area contributed by atoms with Crippen molar-refractivity contribution < 1.29 is 9.90 Å². The Bertz CT molecular complexity index is 456. The number of hydrogen-bond acceptors (Lipinski definition) is 2. The lowest BCUT2D eigenvalue weighted by Crippen LogP contribution is -2.44.